The van der Waals surface area contributed by atoms with Crippen molar-refractivity contribution in [1.82, 2.24) is 5.32 Å². The standard InChI is InChI=1S/C16H25N3/c1-18-10-11-19(2)16-14(4-3-5-15(16)18)12-13-6-8-17-9-7-13/h3-5,13,17H,6-12H2,1-2H3. The second kappa shape index (κ2) is 5.41. The molecule has 0 amide bonds. The number of hydrogen-bond donors (Lipinski definition) is 1. The molecule has 1 aromatic carbocycles. The van der Waals surface area contributed by atoms with Crippen LogP contribution in [0.1, 0.15) is 18.4 Å². The zero-order chi connectivity index (χ0) is 13.2. The van der Waals surface area contributed by atoms with Crippen LogP contribution < -0.4 is 15.1 Å². The SMILES string of the molecule is CN1CCN(C)c2c(CC3CCNCC3)cccc21. The Bertz CT molecular complexity index is 438. The van der Waals surface area contributed by atoms with Crippen molar-refractivity contribution in [2.75, 3.05) is 50.1 Å². The number of anilines is 2. The van der Waals surface area contributed by atoms with Gasteiger partial charge in [-0.3, -0.25) is 0 Å². The fraction of sp³-hybridized carbons (Fsp3) is 0.625. The minimum absolute atomic E-state index is 0.855. The van der Waals surface area contributed by atoms with Gasteiger partial charge in [-0.1, -0.05) is 12.1 Å². The second-order valence-electron chi connectivity index (χ2n) is 6.03. The highest BCUT2D eigenvalue weighted by molar-refractivity contribution is 5.76. The van der Waals surface area contributed by atoms with Crippen LogP contribution in [0.3, 0.4) is 0 Å². The van der Waals surface area contributed by atoms with Crippen LogP contribution >= 0.6 is 0 Å². The van der Waals surface area contributed by atoms with Gasteiger partial charge in [0.15, 0.2) is 0 Å². The van der Waals surface area contributed by atoms with Gasteiger partial charge >= 0.3 is 0 Å². The lowest BCUT2D eigenvalue weighted by Crippen LogP contribution is -2.37. The number of benzene rings is 1. The van der Waals surface area contributed by atoms with E-state index >= 15 is 0 Å². The normalized spacial score (nSPS) is 20.5. The summed E-state index contributed by atoms with van der Waals surface area (Å²) in [6.45, 7) is 4.64. The fourth-order valence-electron chi connectivity index (χ4n) is 3.42. The molecule has 1 fully saturated rings. The molecule has 104 valence electrons. The second-order valence-corrected chi connectivity index (χ2v) is 6.03. The summed E-state index contributed by atoms with van der Waals surface area (Å²) in [5.41, 5.74) is 4.41. The Balaban J connectivity index is 1.86. The Kier molecular flexibility index (Phi) is 3.65. The van der Waals surface area contributed by atoms with E-state index in [4.69, 9.17) is 0 Å². The van der Waals surface area contributed by atoms with E-state index in [1.54, 1.807) is 5.56 Å². The van der Waals surface area contributed by atoms with Gasteiger partial charge in [0.25, 0.3) is 0 Å². The number of nitrogens with one attached hydrogen (secondary N) is 1. The molecule has 2 aliphatic heterocycles. The Hall–Kier alpha value is -1.22. The van der Waals surface area contributed by atoms with Crippen molar-refractivity contribution in [3.8, 4) is 0 Å². The zero-order valence-electron chi connectivity index (χ0n) is 12.2. The summed E-state index contributed by atoms with van der Waals surface area (Å²) in [6.07, 6.45) is 3.88. The number of piperidine rings is 1. The number of fused-ring (bicyclic) bond motifs is 1. The van der Waals surface area contributed by atoms with Crippen LogP contribution in [0.15, 0.2) is 18.2 Å². The van der Waals surface area contributed by atoms with E-state index in [1.165, 1.54) is 43.7 Å². The molecular formula is C16H25N3. The monoisotopic (exact) mass is 259 g/mol. The average molecular weight is 259 g/mol. The number of rotatable bonds is 2. The van der Waals surface area contributed by atoms with Gasteiger partial charge in [0.05, 0.1) is 11.4 Å². The van der Waals surface area contributed by atoms with E-state index in [-0.39, 0.29) is 0 Å². The summed E-state index contributed by atoms with van der Waals surface area (Å²) in [5.74, 6) is 0.855. The summed E-state index contributed by atoms with van der Waals surface area (Å²) in [6, 6.07) is 6.82. The molecule has 3 rings (SSSR count). The molecule has 0 unspecified atom stereocenters. The third-order valence-corrected chi connectivity index (χ3v) is 4.63. The highest BCUT2D eigenvalue weighted by atomic mass is 15.2. The summed E-state index contributed by atoms with van der Waals surface area (Å²) in [7, 11) is 4.44. The number of hydrogen-bond acceptors (Lipinski definition) is 3. The zero-order valence-corrected chi connectivity index (χ0v) is 12.2. The molecule has 2 heterocycles. The van der Waals surface area contributed by atoms with Crippen molar-refractivity contribution in [2.24, 2.45) is 5.92 Å². The molecular weight excluding hydrogens is 234 g/mol. The van der Waals surface area contributed by atoms with E-state index in [0.717, 1.165) is 19.0 Å². The predicted molar refractivity (Wildman–Crippen MR) is 82.3 cm³/mol. The molecule has 19 heavy (non-hydrogen) atoms. The van der Waals surface area contributed by atoms with Gasteiger partial charge in [-0.25, -0.2) is 0 Å². The third-order valence-electron chi connectivity index (χ3n) is 4.63. The van der Waals surface area contributed by atoms with Crippen LogP contribution in [-0.4, -0.2) is 40.3 Å². The van der Waals surface area contributed by atoms with E-state index in [0.29, 0.717) is 0 Å². The molecule has 0 spiro atoms. The van der Waals surface area contributed by atoms with Gasteiger partial charge in [0.1, 0.15) is 0 Å². The van der Waals surface area contributed by atoms with Gasteiger partial charge in [-0.15, -0.1) is 0 Å². The highest BCUT2D eigenvalue weighted by Crippen LogP contribution is 2.36. The maximum absolute atomic E-state index is 3.46. The largest absolute Gasteiger partial charge is 0.371 e. The Morgan fingerprint density at radius 2 is 1.84 bits per heavy atom. The summed E-state index contributed by atoms with van der Waals surface area (Å²) >= 11 is 0. The smallest absolute Gasteiger partial charge is 0.0634 e. The van der Waals surface area contributed by atoms with Crippen LogP contribution in [0.2, 0.25) is 0 Å². The molecule has 0 bridgehead atoms. The maximum atomic E-state index is 3.46. The molecule has 0 aliphatic carbocycles. The molecule has 0 radical (unpaired) electrons. The number of likely N-dealkylation sites (N-methyl/N-ethyl adjacent to an activating group) is 2. The van der Waals surface area contributed by atoms with Gasteiger partial charge in [-0.2, -0.15) is 0 Å². The van der Waals surface area contributed by atoms with Crippen molar-refractivity contribution in [2.45, 2.75) is 19.3 Å². The minimum Gasteiger partial charge on any atom is -0.371 e. The van der Waals surface area contributed by atoms with Crippen molar-refractivity contribution < 1.29 is 0 Å². The summed E-state index contributed by atoms with van der Waals surface area (Å²) in [5, 5.41) is 3.46. The molecule has 3 heteroatoms. The fourth-order valence-corrected chi connectivity index (χ4v) is 3.42. The molecule has 1 aromatic rings. The Morgan fingerprint density at radius 1 is 1.11 bits per heavy atom. The summed E-state index contributed by atoms with van der Waals surface area (Å²) < 4.78 is 0. The van der Waals surface area contributed by atoms with Gasteiger partial charge in [0, 0.05) is 27.2 Å². The molecule has 1 N–H and O–H groups in total. The predicted octanol–water partition coefficient (Wildman–Crippen LogP) is 2.11. The molecule has 0 saturated carbocycles. The van der Waals surface area contributed by atoms with E-state index in [2.05, 4.69) is 47.4 Å². The third kappa shape index (κ3) is 2.57. The molecule has 2 aliphatic rings. The average Bonchev–Trinajstić information content (AvgIpc) is 2.44. The van der Waals surface area contributed by atoms with Crippen LogP contribution in [0, 0.1) is 5.92 Å². The first-order valence-corrected chi connectivity index (χ1v) is 7.50. The van der Waals surface area contributed by atoms with Gasteiger partial charge < -0.3 is 15.1 Å². The molecule has 0 atom stereocenters. The van der Waals surface area contributed by atoms with E-state index in [1.807, 2.05) is 0 Å². The number of para-hydroxylation sites is 1. The topological polar surface area (TPSA) is 18.5 Å². The lowest BCUT2D eigenvalue weighted by atomic mass is 9.89. The lowest BCUT2D eigenvalue weighted by Gasteiger charge is -2.37. The quantitative estimate of drug-likeness (QED) is 0.877. The van der Waals surface area contributed by atoms with Crippen LogP contribution in [0.25, 0.3) is 0 Å². The Morgan fingerprint density at radius 3 is 2.63 bits per heavy atom. The Labute approximate surface area is 116 Å². The van der Waals surface area contributed by atoms with E-state index < -0.39 is 0 Å². The minimum atomic E-state index is 0.855. The van der Waals surface area contributed by atoms with Gasteiger partial charge in [-0.05, 0) is 49.9 Å². The number of nitrogens with zero attached hydrogens (tertiary/aromatic N) is 2. The van der Waals surface area contributed by atoms with Crippen molar-refractivity contribution in [3.05, 3.63) is 23.8 Å². The molecule has 1 saturated heterocycles. The first-order valence-electron chi connectivity index (χ1n) is 7.50. The van der Waals surface area contributed by atoms with E-state index in [9.17, 15) is 0 Å². The van der Waals surface area contributed by atoms with Gasteiger partial charge in [0.2, 0.25) is 0 Å². The lowest BCUT2D eigenvalue weighted by molar-refractivity contribution is 0.372. The van der Waals surface area contributed by atoms with Crippen molar-refractivity contribution >= 4 is 11.4 Å². The first kappa shape index (κ1) is 12.8. The maximum Gasteiger partial charge on any atom is 0.0634 e. The molecule has 3 nitrogen and oxygen atoms in total. The first-order chi connectivity index (χ1) is 9.25. The van der Waals surface area contributed by atoms with Crippen LogP contribution in [-0.2, 0) is 6.42 Å². The van der Waals surface area contributed by atoms with Crippen molar-refractivity contribution in [3.63, 3.8) is 0 Å². The van der Waals surface area contributed by atoms with Crippen LogP contribution in [0.5, 0.6) is 0 Å². The summed E-state index contributed by atoms with van der Waals surface area (Å²) in [4.78, 5) is 4.83. The molecule has 0 aromatic heterocycles. The van der Waals surface area contributed by atoms with Crippen LogP contribution in [0.4, 0.5) is 11.4 Å². The highest BCUT2D eigenvalue weighted by Gasteiger charge is 2.22. The van der Waals surface area contributed by atoms with Crippen molar-refractivity contribution in [1.29, 1.82) is 0 Å².